The van der Waals surface area contributed by atoms with Gasteiger partial charge in [0, 0.05) is 22.2 Å². The number of hydrogen-bond donors (Lipinski definition) is 1. The Labute approximate surface area is 182 Å². The summed E-state index contributed by atoms with van der Waals surface area (Å²) in [7, 11) is 0. The minimum Gasteiger partial charge on any atom is -0.503 e. The molecule has 0 radical (unpaired) electrons. The second kappa shape index (κ2) is 8.30. The zero-order chi connectivity index (χ0) is 21.3. The van der Waals surface area contributed by atoms with Gasteiger partial charge in [-0.25, -0.2) is 4.98 Å². The van der Waals surface area contributed by atoms with Crippen LogP contribution >= 0.6 is 22.9 Å². The van der Waals surface area contributed by atoms with Gasteiger partial charge in [0.05, 0.1) is 18.2 Å². The summed E-state index contributed by atoms with van der Waals surface area (Å²) in [6, 6.07) is 12.6. The summed E-state index contributed by atoms with van der Waals surface area (Å²) in [6.07, 6.45) is 1.56. The van der Waals surface area contributed by atoms with Crippen molar-refractivity contribution >= 4 is 39.8 Å². The topological polar surface area (TPSA) is 79.7 Å². The molecule has 8 heteroatoms. The highest BCUT2D eigenvalue weighted by atomic mass is 35.5. The molecule has 1 amide bonds. The second-order valence-corrected chi connectivity index (χ2v) is 7.80. The molecule has 0 saturated carbocycles. The number of rotatable bonds is 6. The zero-order valence-electron chi connectivity index (χ0n) is 15.9. The molecule has 1 unspecified atom stereocenters. The number of amides is 1. The number of ketones is 1. The summed E-state index contributed by atoms with van der Waals surface area (Å²) in [5, 5.41) is 13.3. The van der Waals surface area contributed by atoms with Crippen molar-refractivity contribution in [3.8, 4) is 5.75 Å². The number of aliphatic hydroxyl groups is 1. The Morgan fingerprint density at radius 3 is 2.50 bits per heavy atom. The van der Waals surface area contributed by atoms with Crippen molar-refractivity contribution in [1.82, 2.24) is 4.98 Å². The maximum Gasteiger partial charge on any atom is 0.296 e. The van der Waals surface area contributed by atoms with Gasteiger partial charge in [0.25, 0.3) is 5.91 Å². The minimum atomic E-state index is -0.819. The molecule has 0 saturated heterocycles. The summed E-state index contributed by atoms with van der Waals surface area (Å²) in [4.78, 5) is 31.8. The molecule has 6 nitrogen and oxygen atoms in total. The zero-order valence-corrected chi connectivity index (χ0v) is 17.5. The molecule has 1 atom stereocenters. The first kappa shape index (κ1) is 20.1. The van der Waals surface area contributed by atoms with Gasteiger partial charge >= 0.3 is 0 Å². The molecular formula is C22H17ClN2O4S. The molecule has 2 aromatic carbocycles. The van der Waals surface area contributed by atoms with Crippen LogP contribution in [0, 0.1) is 0 Å². The van der Waals surface area contributed by atoms with Crippen LogP contribution < -0.4 is 9.64 Å². The first-order chi connectivity index (χ1) is 14.5. The number of hydrogen-bond acceptors (Lipinski definition) is 6. The van der Waals surface area contributed by atoms with Gasteiger partial charge in [-0.3, -0.25) is 14.5 Å². The molecule has 0 spiro atoms. The molecule has 0 aliphatic carbocycles. The SMILES string of the molecule is CCOc1ccc(C(=O)C2=C(O)C(=O)N(c3nccs3)C2c2ccc(Cl)cc2)cc1. The van der Waals surface area contributed by atoms with E-state index in [1.54, 1.807) is 60.1 Å². The molecule has 1 aliphatic heterocycles. The molecule has 3 aromatic rings. The number of aromatic nitrogens is 1. The van der Waals surface area contributed by atoms with Crippen LogP contribution in [0.3, 0.4) is 0 Å². The molecule has 4 rings (SSSR count). The number of anilines is 1. The fraction of sp³-hybridized carbons (Fsp3) is 0.136. The lowest BCUT2D eigenvalue weighted by Crippen LogP contribution is -2.30. The number of benzene rings is 2. The molecular weight excluding hydrogens is 424 g/mol. The first-order valence-electron chi connectivity index (χ1n) is 9.20. The van der Waals surface area contributed by atoms with E-state index in [0.29, 0.717) is 33.6 Å². The smallest absolute Gasteiger partial charge is 0.296 e. The normalized spacial score (nSPS) is 16.3. The number of ether oxygens (including phenoxy) is 1. The van der Waals surface area contributed by atoms with Crippen molar-refractivity contribution in [2.24, 2.45) is 0 Å². The standard InChI is InChI=1S/C22H17ClN2O4S/c1-2-29-16-9-5-14(6-10-16)19(26)17-18(13-3-7-15(23)8-4-13)25(21(28)20(17)27)22-24-11-12-30-22/h3-12,18,27H,2H2,1H3. The van der Waals surface area contributed by atoms with Crippen molar-refractivity contribution < 1.29 is 19.4 Å². The van der Waals surface area contributed by atoms with E-state index < -0.39 is 23.5 Å². The monoisotopic (exact) mass is 440 g/mol. The molecule has 152 valence electrons. The lowest BCUT2D eigenvalue weighted by Gasteiger charge is -2.24. The Bertz CT molecular complexity index is 1110. The van der Waals surface area contributed by atoms with Crippen LogP contribution in [0.2, 0.25) is 5.02 Å². The maximum atomic E-state index is 13.4. The summed E-state index contributed by atoms with van der Waals surface area (Å²) in [6.45, 7) is 2.38. The van der Waals surface area contributed by atoms with Crippen molar-refractivity contribution in [2.45, 2.75) is 13.0 Å². The maximum absolute atomic E-state index is 13.4. The fourth-order valence-corrected chi connectivity index (χ4v) is 4.15. The van der Waals surface area contributed by atoms with Gasteiger partial charge in [0.15, 0.2) is 16.7 Å². The molecule has 1 N–H and O–H groups in total. The number of thiazole rings is 1. The highest BCUT2D eigenvalue weighted by Crippen LogP contribution is 2.42. The van der Waals surface area contributed by atoms with Crippen molar-refractivity contribution in [3.05, 3.63) is 87.6 Å². The van der Waals surface area contributed by atoms with E-state index in [2.05, 4.69) is 4.98 Å². The van der Waals surface area contributed by atoms with Gasteiger partial charge in [0.2, 0.25) is 0 Å². The van der Waals surface area contributed by atoms with Gasteiger partial charge in [0.1, 0.15) is 5.75 Å². The molecule has 0 fully saturated rings. The quantitative estimate of drug-likeness (QED) is 0.547. The third-order valence-corrected chi connectivity index (χ3v) is 5.71. The van der Waals surface area contributed by atoms with E-state index in [1.165, 1.54) is 16.2 Å². The Kier molecular flexibility index (Phi) is 5.57. The molecule has 0 bridgehead atoms. The summed E-state index contributed by atoms with van der Waals surface area (Å²) < 4.78 is 5.42. The predicted molar refractivity (Wildman–Crippen MR) is 115 cm³/mol. The van der Waals surface area contributed by atoms with E-state index in [1.807, 2.05) is 6.92 Å². The van der Waals surface area contributed by atoms with E-state index in [9.17, 15) is 14.7 Å². The number of carbonyl (C=O) groups excluding carboxylic acids is 2. The first-order valence-corrected chi connectivity index (χ1v) is 10.5. The van der Waals surface area contributed by atoms with E-state index in [4.69, 9.17) is 16.3 Å². The van der Waals surface area contributed by atoms with Crippen LogP contribution in [0.4, 0.5) is 5.13 Å². The van der Waals surface area contributed by atoms with E-state index in [-0.39, 0.29) is 5.57 Å². The second-order valence-electron chi connectivity index (χ2n) is 6.49. The number of Topliss-reactive ketones (excluding diaryl/α,β-unsaturated/α-hetero) is 1. The largest absolute Gasteiger partial charge is 0.503 e. The summed E-state index contributed by atoms with van der Waals surface area (Å²) in [5.41, 5.74) is 0.982. The van der Waals surface area contributed by atoms with Crippen molar-refractivity contribution in [3.63, 3.8) is 0 Å². The lowest BCUT2D eigenvalue weighted by molar-refractivity contribution is -0.117. The fourth-order valence-electron chi connectivity index (χ4n) is 3.35. The van der Waals surface area contributed by atoms with Crippen molar-refractivity contribution in [1.29, 1.82) is 0 Å². The minimum absolute atomic E-state index is 0.00156. The van der Waals surface area contributed by atoms with Crippen LogP contribution in [-0.2, 0) is 4.79 Å². The number of aliphatic hydroxyl groups excluding tert-OH is 1. The average Bonchev–Trinajstić information content (AvgIpc) is 3.36. The van der Waals surface area contributed by atoms with Gasteiger partial charge in [-0.1, -0.05) is 23.7 Å². The van der Waals surface area contributed by atoms with Gasteiger partial charge < -0.3 is 9.84 Å². The van der Waals surface area contributed by atoms with Crippen molar-refractivity contribution in [2.75, 3.05) is 11.5 Å². The van der Waals surface area contributed by atoms with Gasteiger partial charge in [-0.2, -0.15) is 0 Å². The molecule has 30 heavy (non-hydrogen) atoms. The van der Waals surface area contributed by atoms with E-state index in [0.717, 1.165) is 0 Å². The molecule has 1 aromatic heterocycles. The van der Waals surface area contributed by atoms with Crippen LogP contribution in [0.25, 0.3) is 0 Å². The number of carbonyl (C=O) groups is 2. The number of halogens is 1. The Hall–Kier alpha value is -3.16. The number of nitrogens with zero attached hydrogens (tertiary/aromatic N) is 2. The molecule has 2 heterocycles. The highest BCUT2D eigenvalue weighted by molar-refractivity contribution is 7.13. The predicted octanol–water partition coefficient (Wildman–Crippen LogP) is 4.98. The van der Waals surface area contributed by atoms with Crippen LogP contribution in [0.15, 0.2) is 71.4 Å². The molecule has 1 aliphatic rings. The highest BCUT2D eigenvalue weighted by Gasteiger charge is 2.45. The van der Waals surface area contributed by atoms with Gasteiger partial charge in [-0.05, 0) is 48.9 Å². The van der Waals surface area contributed by atoms with E-state index >= 15 is 0 Å². The van der Waals surface area contributed by atoms with Crippen LogP contribution in [0.5, 0.6) is 5.75 Å². The van der Waals surface area contributed by atoms with Crippen LogP contribution in [0.1, 0.15) is 28.9 Å². The summed E-state index contributed by atoms with van der Waals surface area (Å²) >= 11 is 7.26. The summed E-state index contributed by atoms with van der Waals surface area (Å²) in [5.74, 6) is -1.06. The lowest BCUT2D eigenvalue weighted by atomic mass is 9.93. The third kappa shape index (κ3) is 3.58. The van der Waals surface area contributed by atoms with Gasteiger partial charge in [-0.15, -0.1) is 11.3 Å². The Balaban J connectivity index is 1.79. The average molecular weight is 441 g/mol. The van der Waals surface area contributed by atoms with Crippen LogP contribution in [-0.4, -0.2) is 28.4 Å². The third-order valence-electron chi connectivity index (χ3n) is 4.69. The Morgan fingerprint density at radius 1 is 1.20 bits per heavy atom. The Morgan fingerprint density at radius 2 is 1.90 bits per heavy atom.